The first-order chi connectivity index (χ1) is 8.54. The molecule has 0 radical (unpaired) electrons. The number of rotatable bonds is 6. The van der Waals surface area contributed by atoms with Crippen LogP contribution in [0.5, 0.6) is 0 Å². The zero-order chi connectivity index (χ0) is 13.5. The minimum absolute atomic E-state index is 0.169. The van der Waals surface area contributed by atoms with Gasteiger partial charge in [0, 0.05) is 28.5 Å². The first-order valence-corrected chi connectivity index (χ1v) is 6.62. The number of aliphatic hydroxyl groups excluding tert-OH is 1. The second kappa shape index (κ2) is 7.55. The quantitative estimate of drug-likeness (QED) is 0.520. The molecule has 0 saturated carbocycles. The van der Waals surface area contributed by atoms with E-state index in [1.165, 1.54) is 7.11 Å². The van der Waals surface area contributed by atoms with Gasteiger partial charge in [0.2, 0.25) is 0 Å². The van der Waals surface area contributed by atoms with Crippen molar-refractivity contribution in [3.05, 3.63) is 27.3 Å². The summed E-state index contributed by atoms with van der Waals surface area (Å²) >= 11 is 2.08. The van der Waals surface area contributed by atoms with Crippen LogP contribution >= 0.6 is 22.6 Å². The number of nitrogens with two attached hydrogens (primary N) is 1. The van der Waals surface area contributed by atoms with E-state index in [4.69, 9.17) is 10.5 Å². The molecule has 0 bridgehead atoms. The van der Waals surface area contributed by atoms with Crippen molar-refractivity contribution < 1.29 is 14.6 Å². The highest BCUT2D eigenvalue weighted by Gasteiger charge is 2.08. The van der Waals surface area contributed by atoms with Crippen molar-refractivity contribution in [2.75, 3.05) is 26.0 Å². The number of nitrogens with one attached hydrogen (secondary N) is 1. The van der Waals surface area contributed by atoms with E-state index in [1.807, 2.05) is 0 Å². The monoisotopic (exact) mass is 364 g/mol. The Morgan fingerprint density at radius 2 is 2.33 bits per heavy atom. The molecule has 0 aromatic heterocycles. The number of hydrogen-bond donors (Lipinski definition) is 3. The number of ether oxygens (including phenoxy) is 1. The SMILES string of the molecule is COCC(O)CCNC(=O)c1ccc(N)c(I)c1. The number of amides is 1. The average molecular weight is 364 g/mol. The molecule has 1 rings (SSSR count). The molecule has 0 aliphatic carbocycles. The summed E-state index contributed by atoms with van der Waals surface area (Å²) in [4.78, 5) is 11.8. The number of hydrogen-bond acceptors (Lipinski definition) is 4. The van der Waals surface area contributed by atoms with Crippen LogP contribution < -0.4 is 11.1 Å². The summed E-state index contributed by atoms with van der Waals surface area (Å²) in [5, 5.41) is 12.2. The number of methoxy groups -OCH3 is 1. The number of aliphatic hydroxyl groups is 1. The maximum Gasteiger partial charge on any atom is 0.251 e. The van der Waals surface area contributed by atoms with Crippen molar-refractivity contribution in [3.63, 3.8) is 0 Å². The van der Waals surface area contributed by atoms with Crippen molar-refractivity contribution in [1.29, 1.82) is 0 Å². The van der Waals surface area contributed by atoms with Crippen molar-refractivity contribution in [3.8, 4) is 0 Å². The molecule has 100 valence electrons. The van der Waals surface area contributed by atoms with E-state index in [0.717, 1.165) is 3.57 Å². The second-order valence-electron chi connectivity index (χ2n) is 3.89. The Bertz CT molecular complexity index is 412. The van der Waals surface area contributed by atoms with Crippen LogP contribution in [0.1, 0.15) is 16.8 Å². The fraction of sp³-hybridized carbons (Fsp3) is 0.417. The molecule has 1 aromatic rings. The first-order valence-electron chi connectivity index (χ1n) is 5.54. The predicted molar refractivity (Wildman–Crippen MR) is 78.4 cm³/mol. The summed E-state index contributed by atoms with van der Waals surface area (Å²) < 4.78 is 5.64. The van der Waals surface area contributed by atoms with Gasteiger partial charge in [-0.15, -0.1) is 0 Å². The van der Waals surface area contributed by atoms with Crippen molar-refractivity contribution in [2.45, 2.75) is 12.5 Å². The summed E-state index contributed by atoms with van der Waals surface area (Å²) in [7, 11) is 1.53. The van der Waals surface area contributed by atoms with E-state index in [2.05, 4.69) is 27.9 Å². The highest BCUT2D eigenvalue weighted by atomic mass is 127. The van der Waals surface area contributed by atoms with E-state index in [0.29, 0.717) is 24.2 Å². The van der Waals surface area contributed by atoms with Gasteiger partial charge in [0.1, 0.15) is 0 Å². The maximum absolute atomic E-state index is 11.8. The van der Waals surface area contributed by atoms with Crippen molar-refractivity contribution >= 4 is 34.2 Å². The van der Waals surface area contributed by atoms with Crippen molar-refractivity contribution in [1.82, 2.24) is 5.32 Å². The van der Waals surface area contributed by atoms with E-state index in [1.54, 1.807) is 18.2 Å². The molecule has 0 aliphatic rings. The normalized spacial score (nSPS) is 12.2. The van der Waals surface area contributed by atoms with Gasteiger partial charge in [-0.1, -0.05) is 0 Å². The second-order valence-corrected chi connectivity index (χ2v) is 5.05. The lowest BCUT2D eigenvalue weighted by atomic mass is 10.2. The van der Waals surface area contributed by atoms with Crippen LogP contribution in [0.25, 0.3) is 0 Å². The summed E-state index contributed by atoms with van der Waals surface area (Å²) in [6, 6.07) is 5.12. The fourth-order valence-electron chi connectivity index (χ4n) is 1.40. The zero-order valence-corrected chi connectivity index (χ0v) is 12.3. The maximum atomic E-state index is 11.8. The van der Waals surface area contributed by atoms with Gasteiger partial charge in [0.25, 0.3) is 5.91 Å². The first kappa shape index (κ1) is 15.2. The average Bonchev–Trinajstić information content (AvgIpc) is 2.33. The predicted octanol–water partition coefficient (Wildman–Crippen LogP) is 1.00. The number of carbonyl (C=O) groups excluding carboxylic acids is 1. The Kier molecular flexibility index (Phi) is 6.37. The summed E-state index contributed by atoms with van der Waals surface area (Å²) in [5.41, 5.74) is 6.90. The molecule has 5 nitrogen and oxygen atoms in total. The number of halogens is 1. The highest BCUT2D eigenvalue weighted by molar-refractivity contribution is 14.1. The largest absolute Gasteiger partial charge is 0.398 e. The molecule has 0 aliphatic heterocycles. The molecule has 6 heteroatoms. The lowest BCUT2D eigenvalue weighted by molar-refractivity contribution is 0.0587. The minimum Gasteiger partial charge on any atom is -0.398 e. The Morgan fingerprint density at radius 1 is 1.61 bits per heavy atom. The van der Waals surface area contributed by atoms with Crippen LogP contribution in [0, 0.1) is 3.57 Å². The van der Waals surface area contributed by atoms with Gasteiger partial charge in [-0.3, -0.25) is 4.79 Å². The Balaban J connectivity index is 2.43. The van der Waals surface area contributed by atoms with Crippen LogP contribution in [0.3, 0.4) is 0 Å². The van der Waals surface area contributed by atoms with Gasteiger partial charge in [0.15, 0.2) is 0 Å². The van der Waals surface area contributed by atoms with Gasteiger partial charge < -0.3 is 20.9 Å². The van der Waals surface area contributed by atoms with Crippen LogP contribution in [0.4, 0.5) is 5.69 Å². The minimum atomic E-state index is -0.554. The molecule has 18 heavy (non-hydrogen) atoms. The molecule has 1 amide bonds. The summed E-state index contributed by atoms with van der Waals surface area (Å²) in [5.74, 6) is -0.169. The number of carbonyl (C=O) groups is 1. The third-order valence-electron chi connectivity index (χ3n) is 2.38. The number of nitrogen functional groups attached to an aromatic ring is 1. The number of anilines is 1. The molecule has 4 N–H and O–H groups in total. The van der Waals surface area contributed by atoms with Gasteiger partial charge in [-0.05, 0) is 47.2 Å². The van der Waals surface area contributed by atoms with Crippen LogP contribution in [0.15, 0.2) is 18.2 Å². The number of benzene rings is 1. The molecule has 0 heterocycles. The fourth-order valence-corrected chi connectivity index (χ4v) is 1.91. The van der Waals surface area contributed by atoms with E-state index < -0.39 is 6.10 Å². The molecule has 1 aromatic carbocycles. The van der Waals surface area contributed by atoms with E-state index in [-0.39, 0.29) is 12.5 Å². The van der Waals surface area contributed by atoms with E-state index >= 15 is 0 Å². The van der Waals surface area contributed by atoms with Gasteiger partial charge in [-0.25, -0.2) is 0 Å². The van der Waals surface area contributed by atoms with Gasteiger partial charge in [0.05, 0.1) is 12.7 Å². The Morgan fingerprint density at radius 3 is 2.94 bits per heavy atom. The molecule has 1 unspecified atom stereocenters. The summed E-state index contributed by atoms with van der Waals surface area (Å²) in [6.45, 7) is 0.681. The Labute approximate surface area is 120 Å². The highest BCUT2D eigenvalue weighted by Crippen LogP contribution is 2.16. The van der Waals surface area contributed by atoms with Gasteiger partial charge in [-0.2, -0.15) is 0 Å². The van der Waals surface area contributed by atoms with Crippen LogP contribution in [-0.4, -0.2) is 37.4 Å². The van der Waals surface area contributed by atoms with Crippen LogP contribution in [0.2, 0.25) is 0 Å². The summed E-state index contributed by atoms with van der Waals surface area (Å²) in [6.07, 6.45) is -0.0899. The third kappa shape index (κ3) is 4.79. The Hall–Kier alpha value is -0.860. The van der Waals surface area contributed by atoms with Crippen molar-refractivity contribution in [2.24, 2.45) is 0 Å². The zero-order valence-electron chi connectivity index (χ0n) is 10.1. The van der Waals surface area contributed by atoms with Gasteiger partial charge >= 0.3 is 0 Å². The molecular weight excluding hydrogens is 347 g/mol. The lowest BCUT2D eigenvalue weighted by Crippen LogP contribution is -2.28. The van der Waals surface area contributed by atoms with Crippen LogP contribution in [-0.2, 0) is 4.74 Å². The topological polar surface area (TPSA) is 84.6 Å². The molecular formula is C12H17IN2O3. The molecule has 0 spiro atoms. The van der Waals surface area contributed by atoms with E-state index in [9.17, 15) is 9.90 Å². The molecule has 0 saturated heterocycles. The smallest absolute Gasteiger partial charge is 0.251 e. The standard InChI is InChI=1S/C12H17IN2O3/c1-18-7-9(16)4-5-15-12(17)8-2-3-11(14)10(13)6-8/h2-3,6,9,16H,4-5,7,14H2,1H3,(H,15,17). The molecule has 1 atom stereocenters. The third-order valence-corrected chi connectivity index (χ3v) is 3.32. The lowest BCUT2D eigenvalue weighted by Gasteiger charge is -2.10. The molecule has 0 fully saturated rings.